The van der Waals surface area contributed by atoms with E-state index in [-0.39, 0.29) is 18.2 Å². The average Bonchev–Trinajstić information content (AvgIpc) is 2.79. The van der Waals surface area contributed by atoms with E-state index in [1.807, 2.05) is 85.8 Å². The van der Waals surface area contributed by atoms with E-state index < -0.39 is 0 Å². The molecule has 3 rings (SSSR count). The molecule has 3 aromatic carbocycles. The molecule has 5 heteroatoms. The smallest absolute Gasteiger partial charge is 0.258 e. The second kappa shape index (κ2) is 11.1. The normalized spacial score (nSPS) is 10.5. The SMILES string of the molecule is COCCNC(=O)Cc1ccc(N(Cc2ccccc2)C(=O)c2ccc(C)cc2)cc1. The monoisotopic (exact) mass is 416 g/mol. The van der Waals surface area contributed by atoms with Crippen molar-refractivity contribution in [3.05, 3.63) is 101 Å². The number of carbonyl (C=O) groups excluding carboxylic acids is 2. The van der Waals surface area contributed by atoms with Crippen molar-refractivity contribution < 1.29 is 14.3 Å². The number of ether oxygens (including phenoxy) is 1. The predicted molar refractivity (Wildman–Crippen MR) is 123 cm³/mol. The topological polar surface area (TPSA) is 58.6 Å². The van der Waals surface area contributed by atoms with Crippen LogP contribution in [-0.4, -0.2) is 32.1 Å². The van der Waals surface area contributed by atoms with Crippen molar-refractivity contribution in [1.82, 2.24) is 5.32 Å². The molecule has 0 aliphatic heterocycles. The quantitative estimate of drug-likeness (QED) is 0.533. The van der Waals surface area contributed by atoms with Crippen LogP contribution in [0.2, 0.25) is 0 Å². The van der Waals surface area contributed by atoms with Gasteiger partial charge in [0.05, 0.1) is 19.6 Å². The maximum Gasteiger partial charge on any atom is 0.258 e. The Bertz CT molecular complexity index is 983. The fourth-order valence-corrected chi connectivity index (χ4v) is 3.23. The number of methoxy groups -OCH3 is 1. The summed E-state index contributed by atoms with van der Waals surface area (Å²) in [6.07, 6.45) is 0.286. The molecular formula is C26H28N2O3. The van der Waals surface area contributed by atoms with Gasteiger partial charge in [-0.1, -0.05) is 60.2 Å². The fourth-order valence-electron chi connectivity index (χ4n) is 3.23. The number of rotatable bonds is 9. The molecule has 0 radical (unpaired) electrons. The molecule has 0 atom stereocenters. The Morgan fingerprint density at radius 3 is 2.19 bits per heavy atom. The van der Waals surface area contributed by atoms with Crippen molar-refractivity contribution in [3.8, 4) is 0 Å². The average molecular weight is 417 g/mol. The largest absolute Gasteiger partial charge is 0.383 e. The summed E-state index contributed by atoms with van der Waals surface area (Å²) in [5.74, 6) is -0.115. The number of nitrogens with zero attached hydrogens (tertiary/aromatic N) is 1. The van der Waals surface area contributed by atoms with E-state index in [9.17, 15) is 9.59 Å². The van der Waals surface area contributed by atoms with Gasteiger partial charge in [0.25, 0.3) is 5.91 Å². The van der Waals surface area contributed by atoms with Crippen LogP contribution in [-0.2, 0) is 22.5 Å². The number of amides is 2. The minimum Gasteiger partial charge on any atom is -0.383 e. The maximum atomic E-state index is 13.3. The van der Waals surface area contributed by atoms with Gasteiger partial charge in [0.2, 0.25) is 5.91 Å². The lowest BCUT2D eigenvalue weighted by molar-refractivity contribution is -0.120. The summed E-state index contributed by atoms with van der Waals surface area (Å²) in [5, 5.41) is 2.82. The summed E-state index contributed by atoms with van der Waals surface area (Å²) >= 11 is 0. The van der Waals surface area contributed by atoms with Crippen LogP contribution in [0.3, 0.4) is 0 Å². The highest BCUT2D eigenvalue weighted by atomic mass is 16.5. The van der Waals surface area contributed by atoms with Crippen LogP contribution in [0.1, 0.15) is 27.0 Å². The van der Waals surface area contributed by atoms with E-state index in [2.05, 4.69) is 5.32 Å². The lowest BCUT2D eigenvalue weighted by Gasteiger charge is -2.23. The molecule has 3 aromatic rings. The van der Waals surface area contributed by atoms with Gasteiger partial charge < -0.3 is 15.0 Å². The molecule has 2 amide bonds. The van der Waals surface area contributed by atoms with E-state index >= 15 is 0 Å². The van der Waals surface area contributed by atoms with Crippen molar-refractivity contribution in [2.75, 3.05) is 25.2 Å². The molecule has 0 aliphatic carbocycles. The Hall–Kier alpha value is -3.44. The first kappa shape index (κ1) is 22.2. The Balaban J connectivity index is 1.79. The third kappa shape index (κ3) is 6.52. The fraction of sp³-hybridized carbons (Fsp3) is 0.231. The van der Waals surface area contributed by atoms with Crippen molar-refractivity contribution >= 4 is 17.5 Å². The standard InChI is InChI=1S/C26H28N2O3/c1-20-8-12-23(13-9-20)26(30)28(19-22-6-4-3-5-7-22)24-14-10-21(11-15-24)18-25(29)27-16-17-31-2/h3-15H,16-19H2,1-2H3,(H,27,29). The first-order valence-electron chi connectivity index (χ1n) is 10.3. The molecular weight excluding hydrogens is 388 g/mol. The van der Waals surface area contributed by atoms with Crippen LogP contribution in [0.4, 0.5) is 5.69 Å². The van der Waals surface area contributed by atoms with Crippen molar-refractivity contribution in [1.29, 1.82) is 0 Å². The van der Waals surface area contributed by atoms with Gasteiger partial charge in [-0.2, -0.15) is 0 Å². The van der Waals surface area contributed by atoms with Crippen LogP contribution in [0.25, 0.3) is 0 Å². The summed E-state index contributed by atoms with van der Waals surface area (Å²) < 4.78 is 4.95. The summed E-state index contributed by atoms with van der Waals surface area (Å²) in [6, 6.07) is 25.1. The van der Waals surface area contributed by atoms with Gasteiger partial charge in [-0.25, -0.2) is 0 Å². The van der Waals surface area contributed by atoms with Crippen LogP contribution in [0.5, 0.6) is 0 Å². The van der Waals surface area contributed by atoms with E-state index in [0.717, 1.165) is 22.4 Å². The summed E-state index contributed by atoms with van der Waals surface area (Å²) in [4.78, 5) is 27.1. The molecule has 0 saturated carbocycles. The zero-order chi connectivity index (χ0) is 22.1. The van der Waals surface area contributed by atoms with E-state index in [0.29, 0.717) is 25.3 Å². The third-order valence-corrected chi connectivity index (χ3v) is 4.97. The molecule has 0 fully saturated rings. The Morgan fingerprint density at radius 2 is 1.55 bits per heavy atom. The van der Waals surface area contributed by atoms with Gasteiger partial charge in [0, 0.05) is 24.9 Å². The highest BCUT2D eigenvalue weighted by Crippen LogP contribution is 2.21. The van der Waals surface area contributed by atoms with Crippen molar-refractivity contribution in [2.45, 2.75) is 19.9 Å². The summed E-state index contributed by atoms with van der Waals surface area (Å²) in [5.41, 5.74) is 4.48. The summed E-state index contributed by atoms with van der Waals surface area (Å²) in [6.45, 7) is 3.44. The molecule has 160 valence electrons. The second-order valence-electron chi connectivity index (χ2n) is 7.43. The van der Waals surface area contributed by atoms with E-state index in [4.69, 9.17) is 4.74 Å². The lowest BCUT2D eigenvalue weighted by atomic mass is 10.1. The molecule has 0 saturated heterocycles. The molecule has 0 unspecified atom stereocenters. The first-order valence-corrected chi connectivity index (χ1v) is 10.3. The Labute approximate surface area is 183 Å². The molecule has 0 aromatic heterocycles. The van der Waals surface area contributed by atoms with E-state index in [1.54, 1.807) is 12.0 Å². The maximum absolute atomic E-state index is 13.3. The van der Waals surface area contributed by atoms with Crippen molar-refractivity contribution in [2.24, 2.45) is 0 Å². The first-order chi connectivity index (χ1) is 15.1. The highest BCUT2D eigenvalue weighted by molar-refractivity contribution is 6.06. The van der Waals surface area contributed by atoms with E-state index in [1.165, 1.54) is 0 Å². The molecule has 5 nitrogen and oxygen atoms in total. The number of nitrogens with one attached hydrogen (secondary N) is 1. The van der Waals surface area contributed by atoms with Gasteiger partial charge in [-0.3, -0.25) is 9.59 Å². The second-order valence-corrected chi connectivity index (χ2v) is 7.43. The van der Waals surface area contributed by atoms with Gasteiger partial charge in [-0.15, -0.1) is 0 Å². The number of hydrogen-bond donors (Lipinski definition) is 1. The number of carbonyl (C=O) groups is 2. The van der Waals surface area contributed by atoms with Gasteiger partial charge >= 0.3 is 0 Å². The zero-order valence-electron chi connectivity index (χ0n) is 18.0. The molecule has 0 bridgehead atoms. The number of aryl methyl sites for hydroxylation is 1. The van der Waals surface area contributed by atoms with Gasteiger partial charge in [0.15, 0.2) is 0 Å². The van der Waals surface area contributed by atoms with Gasteiger partial charge in [0.1, 0.15) is 0 Å². The van der Waals surface area contributed by atoms with Gasteiger partial charge in [-0.05, 0) is 42.3 Å². The number of anilines is 1. The third-order valence-electron chi connectivity index (χ3n) is 4.97. The minimum absolute atomic E-state index is 0.0540. The van der Waals surface area contributed by atoms with Crippen LogP contribution < -0.4 is 10.2 Å². The molecule has 1 N–H and O–H groups in total. The number of benzene rings is 3. The van der Waals surface area contributed by atoms with Crippen LogP contribution in [0.15, 0.2) is 78.9 Å². The number of hydrogen-bond acceptors (Lipinski definition) is 3. The van der Waals surface area contributed by atoms with Crippen LogP contribution >= 0.6 is 0 Å². The highest BCUT2D eigenvalue weighted by Gasteiger charge is 2.18. The van der Waals surface area contributed by atoms with Crippen molar-refractivity contribution in [3.63, 3.8) is 0 Å². The predicted octanol–water partition coefficient (Wildman–Crippen LogP) is 4.15. The Morgan fingerprint density at radius 1 is 0.871 bits per heavy atom. The molecule has 0 aliphatic rings. The molecule has 0 spiro atoms. The minimum atomic E-state index is -0.0612. The molecule has 0 heterocycles. The lowest BCUT2D eigenvalue weighted by Crippen LogP contribution is -2.30. The molecule has 31 heavy (non-hydrogen) atoms. The zero-order valence-corrected chi connectivity index (χ0v) is 18.0. The Kier molecular flexibility index (Phi) is 7.96. The summed E-state index contributed by atoms with van der Waals surface area (Å²) in [7, 11) is 1.60. The van der Waals surface area contributed by atoms with Crippen LogP contribution in [0, 0.1) is 6.92 Å².